The molecular formula is C18H21ClF2N2O. The zero-order valence-electron chi connectivity index (χ0n) is 13.5. The molecule has 0 bridgehead atoms. The Balaban J connectivity index is 0.00000288. The van der Waals surface area contributed by atoms with Crippen molar-refractivity contribution < 1.29 is 13.6 Å². The third-order valence-electron chi connectivity index (χ3n) is 3.94. The standard InChI is InChI=1S/C18H20F2N2O.ClH/c1-11(17(21)13-6-4-3-5-7-13)18(23)22-12(2)14-8-9-15(19)16(20)10-14;/h3-12,17H,21H2,1-2H3,(H,22,23);1H. The number of hydrogen-bond donors (Lipinski definition) is 2. The summed E-state index contributed by atoms with van der Waals surface area (Å²) in [4.78, 5) is 12.3. The average molecular weight is 355 g/mol. The first kappa shape index (κ1) is 20.1. The molecule has 0 aliphatic heterocycles. The van der Waals surface area contributed by atoms with Gasteiger partial charge in [-0.1, -0.05) is 43.3 Å². The number of nitrogens with one attached hydrogen (secondary N) is 1. The van der Waals surface area contributed by atoms with Crippen LogP contribution in [0.5, 0.6) is 0 Å². The Hall–Kier alpha value is -1.98. The average Bonchev–Trinajstić information content (AvgIpc) is 2.56. The normalized spacial score (nSPS) is 14.2. The van der Waals surface area contributed by atoms with Gasteiger partial charge in [0.25, 0.3) is 0 Å². The molecule has 3 unspecified atom stereocenters. The number of hydrogen-bond acceptors (Lipinski definition) is 2. The number of benzene rings is 2. The van der Waals surface area contributed by atoms with Gasteiger partial charge in [-0.2, -0.15) is 0 Å². The summed E-state index contributed by atoms with van der Waals surface area (Å²) in [7, 11) is 0. The first-order valence-corrected chi connectivity index (χ1v) is 7.46. The monoisotopic (exact) mass is 354 g/mol. The lowest BCUT2D eigenvalue weighted by Gasteiger charge is -2.22. The van der Waals surface area contributed by atoms with Crippen LogP contribution in [0.4, 0.5) is 8.78 Å². The Kier molecular flexibility index (Phi) is 7.32. The largest absolute Gasteiger partial charge is 0.349 e. The van der Waals surface area contributed by atoms with Crippen molar-refractivity contribution in [1.29, 1.82) is 0 Å². The molecule has 130 valence electrons. The van der Waals surface area contributed by atoms with Gasteiger partial charge in [-0.25, -0.2) is 8.78 Å². The highest BCUT2D eigenvalue weighted by atomic mass is 35.5. The minimum atomic E-state index is -0.933. The molecule has 2 aromatic carbocycles. The molecule has 24 heavy (non-hydrogen) atoms. The quantitative estimate of drug-likeness (QED) is 0.855. The van der Waals surface area contributed by atoms with E-state index in [-0.39, 0.29) is 18.3 Å². The molecule has 6 heteroatoms. The molecule has 0 aliphatic rings. The number of halogens is 3. The summed E-state index contributed by atoms with van der Waals surface area (Å²) in [5.74, 6) is -2.53. The molecule has 3 atom stereocenters. The van der Waals surface area contributed by atoms with Crippen molar-refractivity contribution >= 4 is 18.3 Å². The highest BCUT2D eigenvalue weighted by Crippen LogP contribution is 2.21. The van der Waals surface area contributed by atoms with Crippen LogP contribution in [0.3, 0.4) is 0 Å². The number of amides is 1. The Morgan fingerprint density at radius 1 is 1.00 bits per heavy atom. The third kappa shape index (κ3) is 4.76. The van der Waals surface area contributed by atoms with Crippen LogP contribution in [0.1, 0.15) is 37.1 Å². The maximum atomic E-state index is 13.3. The third-order valence-corrected chi connectivity index (χ3v) is 3.94. The maximum absolute atomic E-state index is 13.3. The van der Waals surface area contributed by atoms with E-state index in [0.717, 1.165) is 17.7 Å². The van der Waals surface area contributed by atoms with E-state index in [1.807, 2.05) is 30.3 Å². The van der Waals surface area contributed by atoms with E-state index in [0.29, 0.717) is 5.56 Å². The molecule has 0 spiro atoms. The van der Waals surface area contributed by atoms with E-state index < -0.39 is 29.6 Å². The SMILES string of the molecule is CC(NC(=O)C(C)C(N)c1ccccc1)c1ccc(F)c(F)c1.Cl. The van der Waals surface area contributed by atoms with E-state index in [1.54, 1.807) is 13.8 Å². The smallest absolute Gasteiger partial charge is 0.225 e. The highest BCUT2D eigenvalue weighted by molar-refractivity contribution is 5.85. The molecule has 0 fully saturated rings. The molecule has 0 saturated heterocycles. The summed E-state index contributed by atoms with van der Waals surface area (Å²) in [5.41, 5.74) is 7.50. The fraction of sp³-hybridized carbons (Fsp3) is 0.278. The summed E-state index contributed by atoms with van der Waals surface area (Å²) in [6.45, 7) is 3.45. The molecule has 0 saturated carbocycles. The van der Waals surface area contributed by atoms with Crippen molar-refractivity contribution in [2.75, 3.05) is 0 Å². The lowest BCUT2D eigenvalue weighted by molar-refractivity contribution is -0.125. The van der Waals surface area contributed by atoms with Crippen LogP contribution in [0, 0.1) is 17.6 Å². The van der Waals surface area contributed by atoms with Crippen molar-refractivity contribution in [3.63, 3.8) is 0 Å². The van der Waals surface area contributed by atoms with Crippen LogP contribution in [-0.2, 0) is 4.79 Å². The fourth-order valence-corrected chi connectivity index (χ4v) is 2.34. The lowest BCUT2D eigenvalue weighted by atomic mass is 9.94. The minimum Gasteiger partial charge on any atom is -0.349 e. The van der Waals surface area contributed by atoms with Crippen molar-refractivity contribution in [3.8, 4) is 0 Å². The van der Waals surface area contributed by atoms with Gasteiger partial charge in [0.1, 0.15) is 0 Å². The molecule has 0 radical (unpaired) electrons. The van der Waals surface area contributed by atoms with Crippen molar-refractivity contribution in [2.24, 2.45) is 11.7 Å². The molecule has 2 aromatic rings. The van der Waals surface area contributed by atoms with Gasteiger partial charge in [-0.15, -0.1) is 12.4 Å². The zero-order chi connectivity index (χ0) is 17.0. The van der Waals surface area contributed by atoms with Crippen LogP contribution < -0.4 is 11.1 Å². The minimum absolute atomic E-state index is 0. The summed E-state index contributed by atoms with van der Waals surface area (Å²) < 4.78 is 26.2. The lowest BCUT2D eigenvalue weighted by Crippen LogP contribution is -2.36. The summed E-state index contributed by atoms with van der Waals surface area (Å²) in [5, 5.41) is 2.79. The Morgan fingerprint density at radius 2 is 1.62 bits per heavy atom. The Bertz CT molecular complexity index is 682. The number of carbonyl (C=O) groups is 1. The van der Waals surface area contributed by atoms with Crippen LogP contribution in [-0.4, -0.2) is 5.91 Å². The molecule has 3 nitrogen and oxygen atoms in total. The van der Waals surface area contributed by atoms with Crippen molar-refractivity contribution in [3.05, 3.63) is 71.3 Å². The molecule has 0 aromatic heterocycles. The molecule has 1 amide bonds. The van der Waals surface area contributed by atoms with Crippen molar-refractivity contribution in [2.45, 2.75) is 25.9 Å². The number of carbonyl (C=O) groups excluding carboxylic acids is 1. The van der Waals surface area contributed by atoms with Crippen LogP contribution in [0.15, 0.2) is 48.5 Å². The molecular weight excluding hydrogens is 334 g/mol. The fourth-order valence-electron chi connectivity index (χ4n) is 2.34. The van der Waals surface area contributed by atoms with Gasteiger partial charge in [0, 0.05) is 6.04 Å². The van der Waals surface area contributed by atoms with Gasteiger partial charge >= 0.3 is 0 Å². The predicted molar refractivity (Wildman–Crippen MR) is 92.7 cm³/mol. The topological polar surface area (TPSA) is 55.1 Å². The maximum Gasteiger partial charge on any atom is 0.225 e. The first-order chi connectivity index (χ1) is 10.9. The van der Waals surface area contributed by atoms with Gasteiger partial charge in [0.2, 0.25) is 5.91 Å². The second-order valence-electron chi connectivity index (χ2n) is 5.63. The zero-order valence-corrected chi connectivity index (χ0v) is 14.3. The van der Waals surface area contributed by atoms with E-state index >= 15 is 0 Å². The molecule has 0 aliphatic carbocycles. The molecule has 2 rings (SSSR count). The Morgan fingerprint density at radius 3 is 2.21 bits per heavy atom. The van der Waals surface area contributed by atoms with Gasteiger partial charge in [0.05, 0.1) is 12.0 Å². The van der Waals surface area contributed by atoms with Gasteiger partial charge in [-0.3, -0.25) is 4.79 Å². The summed E-state index contributed by atoms with van der Waals surface area (Å²) >= 11 is 0. The van der Waals surface area contributed by atoms with Gasteiger partial charge < -0.3 is 11.1 Å². The number of nitrogens with two attached hydrogens (primary N) is 1. The van der Waals surface area contributed by atoms with Gasteiger partial charge in [0.15, 0.2) is 11.6 Å². The van der Waals surface area contributed by atoms with Crippen LogP contribution >= 0.6 is 12.4 Å². The van der Waals surface area contributed by atoms with E-state index in [2.05, 4.69) is 5.32 Å². The van der Waals surface area contributed by atoms with Crippen molar-refractivity contribution in [1.82, 2.24) is 5.32 Å². The first-order valence-electron chi connectivity index (χ1n) is 7.46. The predicted octanol–water partition coefficient (Wildman–Crippen LogP) is 3.90. The molecule has 3 N–H and O–H groups in total. The summed E-state index contributed by atoms with van der Waals surface area (Å²) in [6, 6.07) is 12.1. The van der Waals surface area contributed by atoms with E-state index in [1.165, 1.54) is 6.07 Å². The molecule has 0 heterocycles. The van der Waals surface area contributed by atoms with E-state index in [9.17, 15) is 13.6 Å². The highest BCUT2D eigenvalue weighted by Gasteiger charge is 2.23. The van der Waals surface area contributed by atoms with Gasteiger partial charge in [-0.05, 0) is 30.2 Å². The second kappa shape index (κ2) is 8.76. The second-order valence-corrected chi connectivity index (χ2v) is 5.63. The Labute approximate surface area is 146 Å². The van der Waals surface area contributed by atoms with E-state index in [4.69, 9.17) is 5.73 Å². The number of rotatable bonds is 5. The van der Waals surface area contributed by atoms with Crippen LogP contribution in [0.2, 0.25) is 0 Å². The summed E-state index contributed by atoms with van der Waals surface area (Å²) in [6.07, 6.45) is 0. The van der Waals surface area contributed by atoms with Crippen LogP contribution in [0.25, 0.3) is 0 Å².